The molecular formula is C26H21Cl4N7O2. The van der Waals surface area contributed by atoms with E-state index in [2.05, 4.69) is 20.7 Å². The molecule has 0 aliphatic carbocycles. The van der Waals surface area contributed by atoms with Gasteiger partial charge in [0, 0.05) is 17.4 Å². The van der Waals surface area contributed by atoms with Crippen LogP contribution in [0.15, 0.2) is 58.6 Å². The van der Waals surface area contributed by atoms with Crippen LogP contribution in [0.3, 0.4) is 0 Å². The van der Waals surface area contributed by atoms with E-state index < -0.39 is 17.6 Å². The van der Waals surface area contributed by atoms with E-state index in [0.717, 1.165) is 27.5 Å². The van der Waals surface area contributed by atoms with Crippen LogP contribution in [0, 0.1) is 6.92 Å². The molecule has 2 N–H and O–H groups in total. The summed E-state index contributed by atoms with van der Waals surface area (Å²) in [7, 11) is 0. The van der Waals surface area contributed by atoms with Gasteiger partial charge in [0.25, 0.3) is 5.66 Å². The molecule has 1 spiro atoms. The fraction of sp³-hybridized carbons (Fsp3) is 0.192. The fourth-order valence-corrected chi connectivity index (χ4v) is 5.42. The van der Waals surface area contributed by atoms with Crippen molar-refractivity contribution in [1.82, 2.24) is 15.7 Å². The van der Waals surface area contributed by atoms with Gasteiger partial charge in [0.1, 0.15) is 11.5 Å². The Morgan fingerprint density at radius 1 is 1.03 bits per heavy atom. The topological polar surface area (TPSA) is 102 Å². The molecule has 3 amide bonds. The van der Waals surface area contributed by atoms with Crippen molar-refractivity contribution in [2.75, 3.05) is 16.5 Å². The first-order chi connectivity index (χ1) is 18.6. The second-order valence-electron chi connectivity index (χ2n) is 8.77. The van der Waals surface area contributed by atoms with Crippen LogP contribution in [0.2, 0.25) is 20.1 Å². The van der Waals surface area contributed by atoms with Crippen molar-refractivity contribution in [3.63, 3.8) is 0 Å². The average Bonchev–Trinajstić information content (AvgIpc) is 3.03. The Balaban J connectivity index is 1.79. The number of anilines is 2. The number of aromatic nitrogens is 1. The number of hydrogen-bond donors (Lipinski definition) is 2. The number of aryl methyl sites for hydroxylation is 2. The molecule has 0 bridgehead atoms. The smallest absolute Gasteiger partial charge is 0.326 e. The van der Waals surface area contributed by atoms with E-state index in [1.807, 2.05) is 26.0 Å². The highest BCUT2D eigenvalue weighted by molar-refractivity contribution is 6.43. The van der Waals surface area contributed by atoms with Gasteiger partial charge < -0.3 is 5.32 Å². The van der Waals surface area contributed by atoms with Crippen molar-refractivity contribution < 1.29 is 9.59 Å². The maximum atomic E-state index is 14.5. The van der Waals surface area contributed by atoms with Gasteiger partial charge in [-0.2, -0.15) is 0 Å². The van der Waals surface area contributed by atoms with Crippen LogP contribution in [0.4, 0.5) is 22.0 Å². The predicted octanol–water partition coefficient (Wildman–Crippen LogP) is 6.14. The van der Waals surface area contributed by atoms with Crippen LogP contribution < -0.4 is 20.7 Å². The number of hydrazine groups is 1. The summed E-state index contributed by atoms with van der Waals surface area (Å²) >= 11 is 25.6. The zero-order valence-corrected chi connectivity index (χ0v) is 23.7. The van der Waals surface area contributed by atoms with E-state index in [9.17, 15) is 9.59 Å². The van der Waals surface area contributed by atoms with Crippen molar-refractivity contribution in [2.45, 2.75) is 25.9 Å². The van der Waals surface area contributed by atoms with E-state index >= 15 is 0 Å². The van der Waals surface area contributed by atoms with Crippen LogP contribution in [0.25, 0.3) is 0 Å². The van der Waals surface area contributed by atoms with Crippen molar-refractivity contribution in [3.8, 4) is 0 Å². The molecule has 200 valence electrons. The van der Waals surface area contributed by atoms with Crippen molar-refractivity contribution >= 4 is 87.6 Å². The SMILES string of the molecule is CCc1ccc(N2C(=O)NCC=NC23C(=O)N(c2c(Cl)cc(Cl)cc2Cl)NC3=Nc2cc(C)ccc2Cl)nc1. The quantitative estimate of drug-likeness (QED) is 0.373. The molecule has 1 unspecified atom stereocenters. The number of nitrogens with one attached hydrogen (secondary N) is 2. The van der Waals surface area contributed by atoms with Gasteiger partial charge in [-0.15, -0.1) is 0 Å². The Bertz CT molecular complexity index is 1520. The summed E-state index contributed by atoms with van der Waals surface area (Å²) in [6.45, 7) is 3.93. The van der Waals surface area contributed by atoms with Crippen LogP contribution in [-0.2, 0) is 11.2 Å². The minimum Gasteiger partial charge on any atom is -0.333 e. The standard InChI is InChI=1S/C26H21Cl4N7O2/c1-3-15-5-7-21(32-13-15)36-25(39)31-8-9-33-26(36)23(34-20-10-14(2)4-6-17(20)28)35-37(24(26)38)22-18(29)11-16(27)12-19(22)30/h4-7,9-13H,3,8H2,1-2H3,(H,31,39)(H,34,35). The van der Waals surface area contributed by atoms with Crippen LogP contribution in [-0.4, -0.2) is 41.2 Å². The van der Waals surface area contributed by atoms with Crippen LogP contribution in [0.5, 0.6) is 0 Å². The molecule has 1 saturated heterocycles. The number of carbonyl (C=O) groups excluding carboxylic acids is 2. The third-order valence-corrected chi connectivity index (χ3v) is 7.30. The largest absolute Gasteiger partial charge is 0.333 e. The number of aliphatic imine (C=N–C) groups is 2. The third-order valence-electron chi connectivity index (χ3n) is 6.18. The molecule has 2 aromatic carbocycles. The highest BCUT2D eigenvalue weighted by Crippen LogP contribution is 2.42. The summed E-state index contributed by atoms with van der Waals surface area (Å²) in [4.78, 5) is 43.0. The lowest BCUT2D eigenvalue weighted by atomic mass is 10.1. The maximum Gasteiger partial charge on any atom is 0.326 e. The first kappa shape index (κ1) is 27.2. The molecule has 1 atom stereocenters. The third kappa shape index (κ3) is 4.80. The molecule has 1 fully saturated rings. The van der Waals surface area contributed by atoms with E-state index in [0.29, 0.717) is 10.7 Å². The van der Waals surface area contributed by atoms with Gasteiger partial charge in [0.05, 0.1) is 27.3 Å². The molecule has 3 heterocycles. The molecule has 2 aliphatic rings. The molecule has 0 saturated carbocycles. The molecule has 0 radical (unpaired) electrons. The number of nitrogens with zero attached hydrogens (tertiary/aromatic N) is 5. The van der Waals surface area contributed by atoms with Crippen LogP contribution >= 0.6 is 46.4 Å². The predicted molar refractivity (Wildman–Crippen MR) is 156 cm³/mol. The Hall–Kier alpha value is -3.37. The number of urea groups is 1. The minimum atomic E-state index is -2.04. The zero-order valence-electron chi connectivity index (χ0n) is 20.7. The zero-order chi connectivity index (χ0) is 27.9. The highest BCUT2D eigenvalue weighted by Gasteiger charge is 2.61. The number of carbonyl (C=O) groups is 2. The summed E-state index contributed by atoms with van der Waals surface area (Å²) in [6, 6.07) is 11.0. The molecule has 5 rings (SSSR count). The number of benzene rings is 2. The van der Waals surface area contributed by atoms with Crippen LogP contribution in [0.1, 0.15) is 18.1 Å². The summed E-state index contributed by atoms with van der Waals surface area (Å²) < 4.78 is 0. The highest BCUT2D eigenvalue weighted by atomic mass is 35.5. The summed E-state index contributed by atoms with van der Waals surface area (Å²) in [5, 5.41) is 4.64. The number of halogens is 4. The van der Waals surface area contributed by atoms with E-state index in [-0.39, 0.29) is 39.0 Å². The molecule has 13 heteroatoms. The Kier molecular flexibility index (Phi) is 7.43. The molecular weight excluding hydrogens is 584 g/mol. The van der Waals surface area contributed by atoms with Crippen molar-refractivity contribution in [1.29, 1.82) is 0 Å². The lowest BCUT2D eigenvalue weighted by molar-refractivity contribution is -0.120. The lowest BCUT2D eigenvalue weighted by Crippen LogP contribution is -2.61. The molecule has 9 nitrogen and oxygen atoms in total. The molecule has 3 aromatic rings. The monoisotopic (exact) mass is 603 g/mol. The number of rotatable bonds is 4. The van der Waals surface area contributed by atoms with Gasteiger partial charge in [0.15, 0.2) is 5.84 Å². The summed E-state index contributed by atoms with van der Waals surface area (Å²) in [6.07, 6.45) is 3.81. The van der Waals surface area contributed by atoms with Crippen molar-refractivity contribution in [2.24, 2.45) is 9.98 Å². The number of amides is 3. The van der Waals surface area contributed by atoms with E-state index in [1.165, 1.54) is 18.3 Å². The van der Waals surface area contributed by atoms with Crippen molar-refractivity contribution in [3.05, 3.63) is 79.9 Å². The lowest BCUT2D eigenvalue weighted by Gasteiger charge is -2.33. The molecule has 39 heavy (non-hydrogen) atoms. The molecule has 2 aliphatic heterocycles. The number of hydrogen-bond acceptors (Lipinski definition) is 5. The number of pyridine rings is 1. The summed E-state index contributed by atoms with van der Waals surface area (Å²) in [5.41, 5.74) is 3.24. The first-order valence-corrected chi connectivity index (χ1v) is 13.3. The minimum absolute atomic E-state index is 0.0169. The van der Waals surface area contributed by atoms with Gasteiger partial charge >= 0.3 is 11.9 Å². The Labute approximate surface area is 244 Å². The Morgan fingerprint density at radius 3 is 2.44 bits per heavy atom. The normalized spacial score (nSPS) is 20.0. The Morgan fingerprint density at radius 2 is 1.77 bits per heavy atom. The van der Waals surface area contributed by atoms with Gasteiger partial charge in [0.2, 0.25) is 0 Å². The maximum absolute atomic E-state index is 14.5. The first-order valence-electron chi connectivity index (χ1n) is 11.8. The van der Waals surface area contributed by atoms with E-state index in [4.69, 9.17) is 51.4 Å². The van der Waals surface area contributed by atoms with Gasteiger partial charge in [-0.25, -0.2) is 24.7 Å². The average molecular weight is 605 g/mol. The molecule has 1 aromatic heterocycles. The van der Waals surface area contributed by atoms with Gasteiger partial charge in [-0.05, 0) is 54.8 Å². The number of amidine groups is 1. The fourth-order valence-electron chi connectivity index (χ4n) is 4.27. The van der Waals surface area contributed by atoms with E-state index in [1.54, 1.807) is 24.4 Å². The second kappa shape index (κ2) is 10.7. The van der Waals surface area contributed by atoms with Gasteiger partial charge in [-0.3, -0.25) is 15.2 Å². The summed E-state index contributed by atoms with van der Waals surface area (Å²) in [5.74, 6) is -0.542. The second-order valence-corrected chi connectivity index (χ2v) is 10.4. The van der Waals surface area contributed by atoms with Gasteiger partial charge in [-0.1, -0.05) is 65.5 Å².